The van der Waals surface area contributed by atoms with Gasteiger partial charge in [0.05, 0.1) is 41.4 Å². The van der Waals surface area contributed by atoms with Gasteiger partial charge in [-0.2, -0.15) is 5.10 Å². The first-order valence-electron chi connectivity index (χ1n) is 7.77. The normalized spacial score (nSPS) is 10.9. The Morgan fingerprint density at radius 3 is 2.11 bits per heavy atom. The van der Waals surface area contributed by atoms with E-state index in [4.69, 9.17) is 9.47 Å². The van der Waals surface area contributed by atoms with Crippen LogP contribution in [0.4, 0.5) is 11.4 Å². The monoisotopic (exact) mass is 388 g/mol. The lowest BCUT2D eigenvalue weighted by Gasteiger charge is -2.10. The number of nitrogens with one attached hydrogen (secondary N) is 1. The summed E-state index contributed by atoms with van der Waals surface area (Å²) in [7, 11) is 2.97. The summed E-state index contributed by atoms with van der Waals surface area (Å²) in [5.41, 5.74) is 1.78. The zero-order valence-electron chi connectivity index (χ0n) is 15.2. The van der Waals surface area contributed by atoms with Crippen LogP contribution >= 0.6 is 0 Å². The van der Waals surface area contributed by atoms with Crippen LogP contribution in [0.1, 0.15) is 22.8 Å². The number of methoxy groups -OCH3 is 2. The van der Waals surface area contributed by atoms with Gasteiger partial charge in [0.1, 0.15) is 11.5 Å². The first kappa shape index (κ1) is 20.3. The molecule has 11 nitrogen and oxygen atoms in total. The van der Waals surface area contributed by atoms with Crippen LogP contribution in [-0.2, 0) is 0 Å². The molecule has 0 saturated carbocycles. The van der Waals surface area contributed by atoms with Gasteiger partial charge in [-0.05, 0) is 19.1 Å². The number of hydrogen-bond donors (Lipinski definition) is 1. The van der Waals surface area contributed by atoms with Crippen molar-refractivity contribution in [3.05, 3.63) is 67.8 Å². The van der Waals surface area contributed by atoms with Crippen molar-refractivity contribution in [1.29, 1.82) is 0 Å². The maximum Gasteiger partial charge on any atom is 0.277 e. The number of nitro benzene ring substituents is 2. The maximum atomic E-state index is 12.3. The SMILES string of the molecule is COc1ccc(/C(C)=N\NC(=O)c2cc([N+](=O)[O-])cc([N+](=O)[O-])c2)c(OC)c1. The number of non-ortho nitro benzene ring substituents is 2. The van der Waals surface area contributed by atoms with Gasteiger partial charge in [-0.3, -0.25) is 25.0 Å². The lowest BCUT2D eigenvalue weighted by molar-refractivity contribution is -0.394. The molecule has 2 rings (SSSR count). The van der Waals surface area contributed by atoms with Crippen LogP contribution in [-0.4, -0.2) is 35.7 Å². The lowest BCUT2D eigenvalue weighted by atomic mass is 10.1. The zero-order valence-corrected chi connectivity index (χ0v) is 15.2. The van der Waals surface area contributed by atoms with Gasteiger partial charge in [0.2, 0.25) is 0 Å². The Kier molecular flexibility index (Phi) is 6.22. The van der Waals surface area contributed by atoms with Gasteiger partial charge >= 0.3 is 0 Å². The molecule has 11 heteroatoms. The van der Waals surface area contributed by atoms with E-state index in [2.05, 4.69) is 10.5 Å². The molecule has 0 heterocycles. The van der Waals surface area contributed by atoms with E-state index in [1.54, 1.807) is 25.1 Å². The Labute approximate surface area is 158 Å². The molecule has 0 spiro atoms. The molecule has 0 bridgehead atoms. The summed E-state index contributed by atoms with van der Waals surface area (Å²) in [5, 5.41) is 25.8. The summed E-state index contributed by atoms with van der Waals surface area (Å²) < 4.78 is 10.4. The third-order valence-corrected chi connectivity index (χ3v) is 3.71. The number of amides is 1. The topological polar surface area (TPSA) is 146 Å². The molecule has 0 aliphatic carbocycles. The van der Waals surface area contributed by atoms with Gasteiger partial charge in [0.15, 0.2) is 0 Å². The van der Waals surface area contributed by atoms with E-state index in [1.807, 2.05) is 0 Å². The molecule has 0 aliphatic rings. The van der Waals surface area contributed by atoms with E-state index in [-0.39, 0.29) is 5.56 Å². The fourth-order valence-electron chi connectivity index (χ4n) is 2.29. The summed E-state index contributed by atoms with van der Waals surface area (Å²) in [5.74, 6) is 0.195. The zero-order chi connectivity index (χ0) is 20.8. The standard InChI is InChI=1S/C17H16N4O7/c1-10(15-5-4-14(27-2)9-16(15)28-3)18-19-17(22)11-6-12(20(23)24)8-13(7-11)21(25)26/h4-9H,1-3H3,(H,19,22)/b18-10-. The van der Waals surface area contributed by atoms with E-state index in [9.17, 15) is 25.0 Å². The number of carbonyl (C=O) groups excluding carboxylic acids is 1. The fraction of sp³-hybridized carbons (Fsp3) is 0.176. The molecule has 2 aromatic carbocycles. The number of benzene rings is 2. The third kappa shape index (κ3) is 4.58. The molecule has 0 fully saturated rings. The number of hydrazone groups is 1. The van der Waals surface area contributed by atoms with Crippen molar-refractivity contribution in [2.75, 3.05) is 14.2 Å². The molecule has 28 heavy (non-hydrogen) atoms. The smallest absolute Gasteiger partial charge is 0.277 e. The molecule has 0 unspecified atom stereocenters. The minimum absolute atomic E-state index is 0.265. The number of hydrogen-bond acceptors (Lipinski definition) is 8. The van der Waals surface area contributed by atoms with E-state index >= 15 is 0 Å². The predicted octanol–water partition coefficient (Wildman–Crippen LogP) is 2.67. The van der Waals surface area contributed by atoms with Crippen molar-refractivity contribution >= 4 is 23.0 Å². The van der Waals surface area contributed by atoms with Crippen LogP contribution in [0.3, 0.4) is 0 Å². The number of carbonyl (C=O) groups is 1. The van der Waals surface area contributed by atoms with E-state index in [0.29, 0.717) is 22.8 Å². The minimum Gasteiger partial charge on any atom is -0.497 e. The van der Waals surface area contributed by atoms with Gasteiger partial charge in [0.25, 0.3) is 17.3 Å². The van der Waals surface area contributed by atoms with Crippen molar-refractivity contribution in [1.82, 2.24) is 5.43 Å². The number of nitro groups is 2. The largest absolute Gasteiger partial charge is 0.497 e. The van der Waals surface area contributed by atoms with Gasteiger partial charge in [-0.25, -0.2) is 5.43 Å². The summed E-state index contributed by atoms with van der Waals surface area (Å²) >= 11 is 0. The fourth-order valence-corrected chi connectivity index (χ4v) is 2.29. The van der Waals surface area contributed by atoms with Crippen molar-refractivity contribution in [3.8, 4) is 11.5 Å². The average Bonchev–Trinajstić information content (AvgIpc) is 2.70. The van der Waals surface area contributed by atoms with Crippen molar-refractivity contribution in [2.24, 2.45) is 5.10 Å². The molecule has 0 radical (unpaired) electrons. The number of ether oxygens (including phenoxy) is 2. The molecule has 2 aromatic rings. The summed E-state index contributed by atoms with van der Waals surface area (Å²) in [4.78, 5) is 32.5. The van der Waals surface area contributed by atoms with Crippen LogP contribution < -0.4 is 14.9 Å². The second-order valence-electron chi connectivity index (χ2n) is 5.46. The molecule has 1 N–H and O–H groups in total. The predicted molar refractivity (Wildman–Crippen MR) is 99.0 cm³/mol. The Bertz CT molecular complexity index is 940. The average molecular weight is 388 g/mol. The van der Waals surface area contributed by atoms with Crippen LogP contribution in [0.15, 0.2) is 41.5 Å². The highest BCUT2D eigenvalue weighted by molar-refractivity contribution is 6.03. The van der Waals surface area contributed by atoms with Gasteiger partial charge in [0, 0.05) is 23.8 Å². The maximum absolute atomic E-state index is 12.3. The van der Waals surface area contributed by atoms with E-state index < -0.39 is 27.1 Å². The quantitative estimate of drug-likeness (QED) is 0.436. The Hall–Kier alpha value is -4.02. The molecule has 0 saturated heterocycles. The highest BCUT2D eigenvalue weighted by Crippen LogP contribution is 2.25. The first-order valence-corrected chi connectivity index (χ1v) is 7.77. The highest BCUT2D eigenvalue weighted by atomic mass is 16.6. The first-order chi connectivity index (χ1) is 13.3. The third-order valence-electron chi connectivity index (χ3n) is 3.71. The van der Waals surface area contributed by atoms with Crippen LogP contribution in [0.25, 0.3) is 0 Å². The van der Waals surface area contributed by atoms with E-state index in [0.717, 1.165) is 18.2 Å². The molecular formula is C17H16N4O7. The Morgan fingerprint density at radius 2 is 1.61 bits per heavy atom. The van der Waals surface area contributed by atoms with Crippen LogP contribution in [0, 0.1) is 20.2 Å². The second-order valence-corrected chi connectivity index (χ2v) is 5.46. The Morgan fingerprint density at radius 1 is 1.00 bits per heavy atom. The molecule has 0 aromatic heterocycles. The summed E-state index contributed by atoms with van der Waals surface area (Å²) in [6, 6.07) is 7.64. The van der Waals surface area contributed by atoms with Gasteiger partial charge < -0.3 is 9.47 Å². The Balaban J connectivity index is 2.30. The molecule has 1 amide bonds. The van der Waals surface area contributed by atoms with Crippen molar-refractivity contribution in [3.63, 3.8) is 0 Å². The van der Waals surface area contributed by atoms with E-state index in [1.165, 1.54) is 14.2 Å². The number of rotatable bonds is 7. The van der Waals surface area contributed by atoms with Crippen molar-refractivity contribution in [2.45, 2.75) is 6.92 Å². The van der Waals surface area contributed by atoms with Crippen LogP contribution in [0.5, 0.6) is 11.5 Å². The molecular weight excluding hydrogens is 372 g/mol. The molecule has 0 atom stereocenters. The van der Waals surface area contributed by atoms with Gasteiger partial charge in [-0.1, -0.05) is 0 Å². The number of nitrogens with zero attached hydrogens (tertiary/aromatic N) is 3. The molecule has 146 valence electrons. The summed E-state index contributed by atoms with van der Waals surface area (Å²) in [6.07, 6.45) is 0. The highest BCUT2D eigenvalue weighted by Gasteiger charge is 2.20. The van der Waals surface area contributed by atoms with Gasteiger partial charge in [-0.15, -0.1) is 0 Å². The summed E-state index contributed by atoms with van der Waals surface area (Å²) in [6.45, 7) is 1.61. The lowest BCUT2D eigenvalue weighted by Crippen LogP contribution is -2.20. The second kappa shape index (κ2) is 8.58. The minimum atomic E-state index is -0.835. The molecule has 0 aliphatic heterocycles. The van der Waals surface area contributed by atoms with Crippen LogP contribution in [0.2, 0.25) is 0 Å². The van der Waals surface area contributed by atoms with Crippen molar-refractivity contribution < 1.29 is 24.1 Å².